The number of aliphatic hydroxyl groups excluding tert-OH is 1. The van der Waals surface area contributed by atoms with Gasteiger partial charge in [-0.3, -0.25) is 0 Å². The van der Waals surface area contributed by atoms with Crippen molar-refractivity contribution in [3.63, 3.8) is 0 Å². The molecule has 2 fully saturated rings. The number of fused-ring (bicyclic) bond motifs is 1. The maximum atomic E-state index is 10.6. The summed E-state index contributed by atoms with van der Waals surface area (Å²) in [6, 6.07) is 21.3. The van der Waals surface area contributed by atoms with Gasteiger partial charge in [-0.1, -0.05) is 81.4 Å². The van der Waals surface area contributed by atoms with Gasteiger partial charge in [0.05, 0.1) is 12.2 Å². The van der Waals surface area contributed by atoms with Crippen molar-refractivity contribution in [3.05, 3.63) is 60.7 Å². The lowest BCUT2D eigenvalue weighted by molar-refractivity contribution is -0.167. The van der Waals surface area contributed by atoms with Crippen LogP contribution < -0.4 is 10.4 Å². The molecule has 0 amide bonds. The van der Waals surface area contributed by atoms with E-state index in [0.29, 0.717) is 13.0 Å². The molecule has 1 aliphatic carbocycles. The lowest BCUT2D eigenvalue weighted by Gasteiger charge is -2.43. The van der Waals surface area contributed by atoms with E-state index in [2.05, 4.69) is 81.4 Å². The first-order valence-corrected chi connectivity index (χ1v) is 12.8. The Hall–Kier alpha value is -1.50. The minimum absolute atomic E-state index is 0.0708. The van der Waals surface area contributed by atoms with E-state index in [1.807, 2.05) is 13.8 Å². The molecular formula is C25H34O4Si. The summed E-state index contributed by atoms with van der Waals surface area (Å²) in [4.78, 5) is 0. The molecule has 162 valence electrons. The smallest absolute Gasteiger partial charge is 0.261 e. The Morgan fingerprint density at radius 1 is 0.933 bits per heavy atom. The summed E-state index contributed by atoms with van der Waals surface area (Å²) in [5, 5.41) is 13.0. The predicted octanol–water partition coefficient (Wildman–Crippen LogP) is 3.46. The number of benzene rings is 2. The Bertz CT molecular complexity index is 807. The second-order valence-electron chi connectivity index (χ2n) is 10.1. The van der Waals surface area contributed by atoms with E-state index in [4.69, 9.17) is 13.9 Å². The summed E-state index contributed by atoms with van der Waals surface area (Å²) >= 11 is 0. The number of ether oxygens (including phenoxy) is 2. The van der Waals surface area contributed by atoms with Gasteiger partial charge in [-0.2, -0.15) is 0 Å². The van der Waals surface area contributed by atoms with Crippen molar-refractivity contribution in [2.75, 3.05) is 6.61 Å². The highest BCUT2D eigenvalue weighted by Crippen LogP contribution is 2.43. The van der Waals surface area contributed by atoms with E-state index in [-0.39, 0.29) is 23.2 Å². The first-order valence-electron chi connectivity index (χ1n) is 10.9. The first kappa shape index (κ1) is 21.7. The Labute approximate surface area is 181 Å². The second-order valence-corrected chi connectivity index (χ2v) is 14.4. The summed E-state index contributed by atoms with van der Waals surface area (Å²) in [5.41, 5.74) is 0. The standard InChI is InChI=1S/C25H34O4Si/c1-24(2,3)30(19-12-8-6-9-13-19,20-14-10-7-11-15-20)27-17-18-16-21(26)23-22(18)28-25(4,5)29-23/h6-15,18,21-23,26H,16-17H2,1-5H3/t18-,21-,22+,23-/m0/s1. The van der Waals surface area contributed by atoms with Gasteiger partial charge in [0.15, 0.2) is 5.79 Å². The summed E-state index contributed by atoms with van der Waals surface area (Å²) < 4.78 is 19.2. The van der Waals surface area contributed by atoms with E-state index in [1.54, 1.807) is 0 Å². The number of hydrogen-bond donors (Lipinski definition) is 1. The Balaban J connectivity index is 1.69. The molecule has 30 heavy (non-hydrogen) atoms. The molecule has 0 aromatic heterocycles. The van der Waals surface area contributed by atoms with Crippen LogP contribution in [0.4, 0.5) is 0 Å². The van der Waals surface area contributed by atoms with Crippen LogP contribution in [-0.2, 0) is 13.9 Å². The summed E-state index contributed by atoms with van der Waals surface area (Å²) in [5.74, 6) is -0.555. The average molecular weight is 427 g/mol. The molecular weight excluding hydrogens is 392 g/mol. The van der Waals surface area contributed by atoms with Crippen LogP contribution in [0, 0.1) is 5.92 Å². The normalized spacial score (nSPS) is 28.5. The van der Waals surface area contributed by atoms with Gasteiger partial charge in [-0.15, -0.1) is 0 Å². The topological polar surface area (TPSA) is 47.9 Å². The summed E-state index contributed by atoms with van der Waals surface area (Å²) in [6.45, 7) is 11.2. The Morgan fingerprint density at radius 2 is 1.43 bits per heavy atom. The van der Waals surface area contributed by atoms with Gasteiger partial charge in [0.1, 0.15) is 6.10 Å². The molecule has 0 spiro atoms. The van der Waals surface area contributed by atoms with Crippen molar-refractivity contribution in [1.29, 1.82) is 0 Å². The third-order valence-electron chi connectivity index (χ3n) is 6.48. The van der Waals surface area contributed by atoms with Crippen LogP contribution in [0.25, 0.3) is 0 Å². The lowest BCUT2D eigenvalue weighted by Crippen LogP contribution is -2.67. The van der Waals surface area contributed by atoms with Crippen LogP contribution in [0.5, 0.6) is 0 Å². The molecule has 1 heterocycles. The van der Waals surface area contributed by atoms with Crippen molar-refractivity contribution >= 4 is 18.7 Å². The highest BCUT2D eigenvalue weighted by atomic mass is 28.4. The maximum absolute atomic E-state index is 10.6. The van der Waals surface area contributed by atoms with E-state index < -0.39 is 20.2 Å². The third kappa shape index (κ3) is 3.78. The van der Waals surface area contributed by atoms with E-state index in [1.165, 1.54) is 10.4 Å². The van der Waals surface area contributed by atoms with Gasteiger partial charge < -0.3 is 19.0 Å². The van der Waals surface area contributed by atoms with Crippen molar-refractivity contribution < 1.29 is 19.0 Å². The number of rotatable bonds is 5. The molecule has 1 N–H and O–H groups in total. The van der Waals surface area contributed by atoms with Crippen LogP contribution in [0.2, 0.25) is 5.04 Å². The van der Waals surface area contributed by atoms with Gasteiger partial charge in [0.25, 0.3) is 8.32 Å². The van der Waals surface area contributed by atoms with Crippen molar-refractivity contribution in [1.82, 2.24) is 0 Å². The Morgan fingerprint density at radius 3 is 1.93 bits per heavy atom. The van der Waals surface area contributed by atoms with Crippen LogP contribution in [0.3, 0.4) is 0 Å². The molecule has 2 aromatic rings. The molecule has 4 nitrogen and oxygen atoms in total. The van der Waals surface area contributed by atoms with Gasteiger partial charge in [0.2, 0.25) is 0 Å². The fourth-order valence-electron chi connectivity index (χ4n) is 5.21. The minimum atomic E-state index is -2.60. The van der Waals surface area contributed by atoms with Crippen LogP contribution in [0.1, 0.15) is 41.0 Å². The fourth-order valence-corrected chi connectivity index (χ4v) is 9.83. The predicted molar refractivity (Wildman–Crippen MR) is 122 cm³/mol. The zero-order valence-corrected chi connectivity index (χ0v) is 19.7. The molecule has 0 unspecified atom stereocenters. The zero-order chi connectivity index (χ0) is 21.6. The van der Waals surface area contributed by atoms with Gasteiger partial charge in [-0.05, 0) is 35.7 Å². The summed E-state index contributed by atoms with van der Waals surface area (Å²) in [7, 11) is -2.60. The molecule has 2 aromatic carbocycles. The van der Waals surface area contributed by atoms with Gasteiger partial charge >= 0.3 is 0 Å². The molecule has 5 heteroatoms. The van der Waals surface area contributed by atoms with Crippen LogP contribution in [-0.4, -0.2) is 44.1 Å². The maximum Gasteiger partial charge on any atom is 0.261 e. The van der Waals surface area contributed by atoms with Crippen LogP contribution in [0.15, 0.2) is 60.7 Å². The fraction of sp³-hybridized carbons (Fsp3) is 0.520. The van der Waals surface area contributed by atoms with Crippen molar-refractivity contribution in [2.45, 2.75) is 70.2 Å². The largest absolute Gasteiger partial charge is 0.407 e. The van der Waals surface area contributed by atoms with E-state index in [0.717, 1.165) is 0 Å². The Kier molecular flexibility index (Phi) is 5.70. The highest BCUT2D eigenvalue weighted by molar-refractivity contribution is 6.99. The first-order chi connectivity index (χ1) is 14.1. The third-order valence-corrected chi connectivity index (χ3v) is 11.5. The van der Waals surface area contributed by atoms with Crippen molar-refractivity contribution in [2.24, 2.45) is 5.92 Å². The monoisotopic (exact) mass is 426 g/mol. The molecule has 1 aliphatic heterocycles. The minimum Gasteiger partial charge on any atom is -0.407 e. The van der Waals surface area contributed by atoms with E-state index >= 15 is 0 Å². The zero-order valence-electron chi connectivity index (χ0n) is 18.7. The molecule has 0 radical (unpaired) electrons. The number of aliphatic hydroxyl groups is 1. The average Bonchev–Trinajstić information content (AvgIpc) is 3.17. The number of hydrogen-bond acceptors (Lipinski definition) is 4. The van der Waals surface area contributed by atoms with Crippen LogP contribution >= 0.6 is 0 Å². The highest BCUT2D eigenvalue weighted by Gasteiger charge is 2.55. The SMILES string of the molecule is CC1(C)O[C@@H]2[C@H](CO[Si](c3ccccc3)(c3ccccc3)C(C)(C)C)C[C@H](O)[C@@H]2O1. The summed E-state index contributed by atoms with van der Waals surface area (Å²) in [6.07, 6.45) is -0.269. The molecule has 1 saturated carbocycles. The van der Waals surface area contributed by atoms with Gasteiger partial charge in [0, 0.05) is 12.5 Å². The molecule has 2 aliphatic rings. The molecule has 1 saturated heterocycles. The quantitative estimate of drug-likeness (QED) is 0.744. The van der Waals surface area contributed by atoms with E-state index in [9.17, 15) is 5.11 Å². The van der Waals surface area contributed by atoms with Gasteiger partial charge in [-0.25, -0.2) is 0 Å². The molecule has 4 atom stereocenters. The van der Waals surface area contributed by atoms with Crippen molar-refractivity contribution in [3.8, 4) is 0 Å². The molecule has 0 bridgehead atoms. The lowest BCUT2D eigenvalue weighted by atomic mass is 10.1. The second kappa shape index (κ2) is 7.88. The molecule has 4 rings (SSSR count).